The number of phenolic OH excluding ortho intramolecular Hbond substituents is 1. The number of rotatable bonds is 5. The molecule has 0 aromatic heterocycles. The molecule has 1 aromatic rings. The molecule has 1 N–H and O–H groups in total. The fourth-order valence-corrected chi connectivity index (χ4v) is 4.22. The fourth-order valence-electron chi connectivity index (χ4n) is 4.22. The zero-order valence-electron chi connectivity index (χ0n) is 14.4. The first-order chi connectivity index (χ1) is 12.9. The number of aromatic hydroxyl groups is 1. The Hall–Kier alpha value is -3.23. The molecule has 4 atom stereocenters. The second kappa shape index (κ2) is 6.19. The van der Waals surface area contributed by atoms with E-state index in [-0.39, 0.29) is 53.4 Å². The van der Waals surface area contributed by atoms with Crippen molar-refractivity contribution in [3.05, 3.63) is 40.0 Å². The van der Waals surface area contributed by atoms with Crippen LogP contribution >= 0.6 is 0 Å². The fraction of sp³-hybridized carbons (Fsp3) is 0.389. The molecule has 2 bridgehead atoms. The number of fused-ring (bicyclic) bond motifs is 5. The zero-order chi connectivity index (χ0) is 19.3. The lowest BCUT2D eigenvalue weighted by molar-refractivity contribution is -0.386. The Balaban J connectivity index is 1.63. The average Bonchev–Trinajstić information content (AvgIpc) is 3.30. The van der Waals surface area contributed by atoms with E-state index < -0.39 is 16.4 Å². The summed E-state index contributed by atoms with van der Waals surface area (Å²) in [5, 5.41) is 25.9. The maximum Gasteiger partial charge on any atom is 0.315 e. The van der Waals surface area contributed by atoms with Crippen molar-refractivity contribution in [2.24, 2.45) is 28.8 Å². The first-order valence-corrected chi connectivity index (χ1v) is 8.66. The highest BCUT2D eigenvalue weighted by Crippen LogP contribution is 2.52. The zero-order valence-corrected chi connectivity index (χ0v) is 14.4. The number of nitro groups is 1. The van der Waals surface area contributed by atoms with Gasteiger partial charge in [-0.05, 0) is 31.2 Å². The van der Waals surface area contributed by atoms with Crippen LogP contribution in [0.2, 0.25) is 0 Å². The number of hydrogen-bond acceptors (Lipinski definition) is 7. The molecule has 1 heterocycles. The highest BCUT2D eigenvalue weighted by molar-refractivity contribution is 6.06. The number of phenols is 1. The van der Waals surface area contributed by atoms with E-state index in [1.807, 2.05) is 12.2 Å². The number of hydrazone groups is 1. The lowest BCUT2D eigenvalue weighted by Crippen LogP contribution is -2.28. The van der Waals surface area contributed by atoms with Gasteiger partial charge >= 0.3 is 5.69 Å². The molecule has 140 valence electrons. The van der Waals surface area contributed by atoms with Crippen molar-refractivity contribution in [2.75, 3.05) is 6.61 Å². The Labute approximate surface area is 154 Å². The van der Waals surface area contributed by atoms with Crippen molar-refractivity contribution in [1.82, 2.24) is 5.01 Å². The molecular weight excluding hydrogens is 354 g/mol. The molecule has 9 nitrogen and oxygen atoms in total. The summed E-state index contributed by atoms with van der Waals surface area (Å²) in [6, 6.07) is 2.48. The normalized spacial score (nSPS) is 28.4. The van der Waals surface area contributed by atoms with Crippen LogP contribution < -0.4 is 4.74 Å². The Morgan fingerprint density at radius 2 is 1.93 bits per heavy atom. The standard InChI is InChI=1S/C18H17N3O6/c1-2-27-13-6-9(5-12(16(13)22)21(25)26)8-19-20-17(23)14-10-3-4-11(7-10)15(14)18(20)24/h3-6,8,10-11,14-15,22H,2,7H2,1H3/b19-8-/t10-,11-,14-,15-/m0/s1. The third-order valence-corrected chi connectivity index (χ3v) is 5.34. The monoisotopic (exact) mass is 371 g/mol. The number of benzene rings is 1. The van der Waals surface area contributed by atoms with Gasteiger partial charge in [0.15, 0.2) is 5.75 Å². The first kappa shape index (κ1) is 17.2. The Morgan fingerprint density at radius 1 is 1.30 bits per heavy atom. The van der Waals surface area contributed by atoms with Gasteiger partial charge in [-0.25, -0.2) is 0 Å². The van der Waals surface area contributed by atoms with Gasteiger partial charge in [-0.3, -0.25) is 19.7 Å². The number of imide groups is 1. The van der Waals surface area contributed by atoms with Crippen LogP contribution in [0.15, 0.2) is 29.4 Å². The summed E-state index contributed by atoms with van der Waals surface area (Å²) in [5.41, 5.74) is -0.303. The number of nitro benzene ring substituents is 1. The first-order valence-electron chi connectivity index (χ1n) is 8.66. The highest BCUT2D eigenvalue weighted by atomic mass is 16.6. The van der Waals surface area contributed by atoms with Gasteiger partial charge < -0.3 is 9.84 Å². The van der Waals surface area contributed by atoms with Crippen molar-refractivity contribution in [2.45, 2.75) is 13.3 Å². The van der Waals surface area contributed by atoms with E-state index >= 15 is 0 Å². The number of hydrogen-bond donors (Lipinski definition) is 1. The average molecular weight is 371 g/mol. The van der Waals surface area contributed by atoms with Gasteiger partial charge in [0, 0.05) is 11.6 Å². The van der Waals surface area contributed by atoms with Crippen molar-refractivity contribution in [1.29, 1.82) is 0 Å². The Kier molecular flexibility index (Phi) is 3.94. The predicted molar refractivity (Wildman–Crippen MR) is 93.1 cm³/mol. The van der Waals surface area contributed by atoms with Crippen molar-refractivity contribution >= 4 is 23.7 Å². The van der Waals surface area contributed by atoms with E-state index in [0.717, 1.165) is 17.5 Å². The van der Waals surface area contributed by atoms with Gasteiger partial charge in [-0.2, -0.15) is 10.1 Å². The Bertz CT molecular complexity index is 879. The quantitative estimate of drug-likeness (QED) is 0.277. The highest BCUT2D eigenvalue weighted by Gasteiger charge is 2.59. The van der Waals surface area contributed by atoms with E-state index in [1.165, 1.54) is 12.3 Å². The second-order valence-corrected chi connectivity index (χ2v) is 6.81. The summed E-state index contributed by atoms with van der Waals surface area (Å²) in [5.74, 6) is -1.88. The Morgan fingerprint density at radius 3 is 2.48 bits per heavy atom. The van der Waals surface area contributed by atoms with Crippen LogP contribution in [0.5, 0.6) is 11.5 Å². The molecule has 4 rings (SSSR count). The summed E-state index contributed by atoms with van der Waals surface area (Å²) < 4.78 is 5.21. The minimum atomic E-state index is -0.741. The summed E-state index contributed by atoms with van der Waals surface area (Å²) in [6.45, 7) is 1.88. The molecule has 1 saturated carbocycles. The van der Waals surface area contributed by atoms with Crippen molar-refractivity contribution in [3.63, 3.8) is 0 Å². The van der Waals surface area contributed by atoms with Gasteiger partial charge in [-0.1, -0.05) is 12.2 Å². The van der Waals surface area contributed by atoms with E-state index in [9.17, 15) is 24.8 Å². The molecule has 1 aliphatic heterocycles. The summed E-state index contributed by atoms with van der Waals surface area (Å²) in [7, 11) is 0. The number of nitrogens with zero attached hydrogens (tertiary/aromatic N) is 3. The molecule has 1 aromatic carbocycles. The van der Waals surface area contributed by atoms with Crippen molar-refractivity contribution < 1.29 is 24.4 Å². The lowest BCUT2D eigenvalue weighted by Gasteiger charge is -2.13. The molecule has 2 fully saturated rings. The van der Waals surface area contributed by atoms with Crippen LogP contribution in [0.4, 0.5) is 5.69 Å². The SMILES string of the molecule is CCOc1cc(/C=N\N2C(=O)[C@@H]3[C@@H](C2=O)[C@H]2C=C[C@H]3C2)cc([N+](=O)[O-])c1O. The van der Waals surface area contributed by atoms with Gasteiger partial charge in [0.25, 0.3) is 11.8 Å². The van der Waals surface area contributed by atoms with E-state index in [1.54, 1.807) is 6.92 Å². The molecule has 0 spiro atoms. The van der Waals surface area contributed by atoms with Gasteiger partial charge in [0.05, 0.1) is 29.6 Å². The number of allylic oxidation sites excluding steroid dienone is 2. The molecule has 2 amide bonds. The summed E-state index contributed by atoms with van der Waals surface area (Å²) in [6.07, 6.45) is 6.00. The van der Waals surface area contributed by atoms with Crippen molar-refractivity contribution in [3.8, 4) is 11.5 Å². The smallest absolute Gasteiger partial charge is 0.315 e. The van der Waals surface area contributed by atoms with E-state index in [2.05, 4.69) is 5.10 Å². The van der Waals surface area contributed by atoms with Crippen LogP contribution in [-0.2, 0) is 9.59 Å². The maximum absolute atomic E-state index is 12.6. The molecule has 1 saturated heterocycles. The van der Waals surface area contributed by atoms with Crippen LogP contribution in [0, 0.1) is 33.8 Å². The van der Waals surface area contributed by atoms with Crippen LogP contribution in [0.3, 0.4) is 0 Å². The van der Waals surface area contributed by atoms with Crippen LogP contribution in [0.25, 0.3) is 0 Å². The number of carbonyl (C=O) groups is 2. The second-order valence-electron chi connectivity index (χ2n) is 6.81. The third-order valence-electron chi connectivity index (χ3n) is 5.34. The molecule has 9 heteroatoms. The van der Waals surface area contributed by atoms with Gasteiger partial charge in [0.2, 0.25) is 5.75 Å². The molecular formula is C18H17N3O6. The molecule has 0 unspecified atom stereocenters. The number of carbonyl (C=O) groups excluding carboxylic acids is 2. The van der Waals surface area contributed by atoms with Gasteiger partial charge in [0.1, 0.15) is 0 Å². The topological polar surface area (TPSA) is 122 Å². The predicted octanol–water partition coefficient (Wildman–Crippen LogP) is 1.84. The molecule has 3 aliphatic rings. The molecule has 2 aliphatic carbocycles. The molecule has 0 radical (unpaired) electrons. The van der Waals surface area contributed by atoms with E-state index in [0.29, 0.717) is 0 Å². The summed E-state index contributed by atoms with van der Waals surface area (Å²) >= 11 is 0. The third kappa shape index (κ3) is 2.57. The van der Waals surface area contributed by atoms with Crippen LogP contribution in [-0.4, -0.2) is 39.7 Å². The van der Waals surface area contributed by atoms with E-state index in [4.69, 9.17) is 4.74 Å². The lowest BCUT2D eigenvalue weighted by atomic mass is 9.85. The number of amides is 2. The minimum Gasteiger partial charge on any atom is -0.500 e. The number of ether oxygens (including phenoxy) is 1. The maximum atomic E-state index is 12.6. The molecule has 27 heavy (non-hydrogen) atoms. The summed E-state index contributed by atoms with van der Waals surface area (Å²) in [4.78, 5) is 35.6. The van der Waals surface area contributed by atoms with Gasteiger partial charge in [-0.15, -0.1) is 0 Å². The minimum absolute atomic E-state index is 0.0636. The van der Waals surface area contributed by atoms with Crippen LogP contribution in [0.1, 0.15) is 18.9 Å². The largest absolute Gasteiger partial charge is 0.500 e.